The number of amides is 2. The molecule has 0 bridgehead atoms. The SMILES string of the molecule is CC(C)NC(=O)CCCC=O.CCCOCCOCCOCCNC(=O)COc1cccc(C(C)=O)c1C(C)=O. The van der Waals surface area contributed by atoms with Crippen molar-refractivity contribution in [1.82, 2.24) is 10.6 Å². The number of carbonyl (C=O) groups excluding carboxylic acids is 5. The number of benzene rings is 1. The van der Waals surface area contributed by atoms with Gasteiger partial charge in [-0.15, -0.1) is 0 Å². The van der Waals surface area contributed by atoms with Gasteiger partial charge in [0.25, 0.3) is 5.91 Å². The standard InChI is InChI=1S/C21H31NO7.C8H15NO2/c1-4-9-26-11-13-28-14-12-27-10-8-22-20(25)15-29-19-7-5-6-18(16(2)23)21(19)17(3)24;1-7(2)9-8(11)5-3-4-6-10/h5-7H,4,8-15H2,1-3H3,(H,22,25);6-7H,3-5H2,1-2H3,(H,9,11). The van der Waals surface area contributed by atoms with Crippen LogP contribution >= 0.6 is 0 Å². The van der Waals surface area contributed by atoms with Crippen LogP contribution in [0.1, 0.15) is 81.0 Å². The minimum absolute atomic E-state index is 0.0295. The molecule has 0 saturated carbocycles. The summed E-state index contributed by atoms with van der Waals surface area (Å²) >= 11 is 0. The summed E-state index contributed by atoms with van der Waals surface area (Å²) < 4.78 is 21.4. The van der Waals surface area contributed by atoms with Crippen LogP contribution in [0.2, 0.25) is 0 Å². The fraction of sp³-hybridized carbons (Fsp3) is 0.621. The molecule has 40 heavy (non-hydrogen) atoms. The van der Waals surface area contributed by atoms with Crippen molar-refractivity contribution < 1.29 is 42.9 Å². The first-order valence-electron chi connectivity index (χ1n) is 13.6. The van der Waals surface area contributed by atoms with Crippen molar-refractivity contribution in [3.05, 3.63) is 29.3 Å². The van der Waals surface area contributed by atoms with Gasteiger partial charge in [-0.3, -0.25) is 19.2 Å². The monoisotopic (exact) mass is 566 g/mol. The number of ether oxygens (including phenoxy) is 4. The summed E-state index contributed by atoms with van der Waals surface area (Å²) in [5, 5.41) is 5.41. The van der Waals surface area contributed by atoms with E-state index in [2.05, 4.69) is 17.6 Å². The third-order valence-electron chi connectivity index (χ3n) is 4.95. The Hall–Kier alpha value is -3.15. The van der Waals surface area contributed by atoms with E-state index in [0.29, 0.717) is 58.8 Å². The third kappa shape index (κ3) is 19.0. The highest BCUT2D eigenvalue weighted by molar-refractivity contribution is 6.09. The van der Waals surface area contributed by atoms with Gasteiger partial charge in [0, 0.05) is 37.6 Å². The lowest BCUT2D eigenvalue weighted by molar-refractivity contribution is -0.123. The Balaban J connectivity index is 0.00000116. The number of Topliss-reactive ketones (excluding diaryl/α,β-unsaturated/α-hetero) is 2. The Labute approximate surface area is 237 Å². The molecule has 0 spiro atoms. The highest BCUT2D eigenvalue weighted by atomic mass is 16.5. The van der Waals surface area contributed by atoms with Gasteiger partial charge in [0.05, 0.1) is 38.6 Å². The van der Waals surface area contributed by atoms with Crippen molar-refractivity contribution in [3.8, 4) is 5.75 Å². The van der Waals surface area contributed by atoms with E-state index in [1.807, 2.05) is 13.8 Å². The highest BCUT2D eigenvalue weighted by Crippen LogP contribution is 2.23. The second-order valence-corrected chi connectivity index (χ2v) is 9.05. The predicted molar refractivity (Wildman–Crippen MR) is 151 cm³/mol. The Morgan fingerprint density at radius 1 is 0.875 bits per heavy atom. The molecular weight excluding hydrogens is 520 g/mol. The number of hydrogen-bond donors (Lipinski definition) is 2. The summed E-state index contributed by atoms with van der Waals surface area (Å²) in [6.45, 7) is 11.8. The van der Waals surface area contributed by atoms with E-state index in [1.165, 1.54) is 13.8 Å². The van der Waals surface area contributed by atoms with Crippen LogP contribution in [-0.2, 0) is 28.6 Å². The predicted octanol–water partition coefficient (Wildman–Crippen LogP) is 2.93. The molecule has 0 saturated heterocycles. The summed E-state index contributed by atoms with van der Waals surface area (Å²) in [5.74, 6) is -0.627. The molecule has 1 aromatic carbocycles. The molecule has 11 heteroatoms. The van der Waals surface area contributed by atoms with Crippen LogP contribution in [0, 0.1) is 0 Å². The molecular formula is C29H46N2O9. The summed E-state index contributed by atoms with van der Waals surface area (Å²) in [6.07, 6.45) is 3.41. The molecule has 0 atom stereocenters. The molecule has 0 radical (unpaired) electrons. The Morgan fingerprint density at radius 2 is 1.50 bits per heavy atom. The fourth-order valence-electron chi connectivity index (χ4n) is 3.19. The summed E-state index contributed by atoms with van der Waals surface area (Å²) in [6, 6.07) is 4.93. The first kappa shape index (κ1) is 36.8. The van der Waals surface area contributed by atoms with Crippen molar-refractivity contribution in [3.63, 3.8) is 0 Å². The minimum Gasteiger partial charge on any atom is -0.483 e. The topological polar surface area (TPSA) is 146 Å². The maximum absolute atomic E-state index is 11.9. The van der Waals surface area contributed by atoms with E-state index >= 15 is 0 Å². The quantitative estimate of drug-likeness (QED) is 0.130. The van der Waals surface area contributed by atoms with Crippen LogP contribution in [0.25, 0.3) is 0 Å². The average Bonchev–Trinajstić information content (AvgIpc) is 2.90. The first-order valence-corrected chi connectivity index (χ1v) is 13.6. The zero-order chi connectivity index (χ0) is 30.2. The number of carbonyl (C=O) groups is 5. The fourth-order valence-corrected chi connectivity index (χ4v) is 3.19. The molecule has 2 N–H and O–H groups in total. The lowest BCUT2D eigenvalue weighted by Crippen LogP contribution is -2.32. The minimum atomic E-state index is -0.347. The average molecular weight is 567 g/mol. The van der Waals surface area contributed by atoms with Crippen LogP contribution in [0.5, 0.6) is 5.75 Å². The maximum atomic E-state index is 11.9. The second kappa shape index (κ2) is 23.7. The van der Waals surface area contributed by atoms with Gasteiger partial charge in [-0.2, -0.15) is 0 Å². The molecule has 0 fully saturated rings. The summed E-state index contributed by atoms with van der Waals surface area (Å²) in [4.78, 5) is 56.2. The number of unbranched alkanes of at least 4 members (excludes halogenated alkanes) is 1. The molecule has 0 aromatic heterocycles. The molecule has 0 heterocycles. The number of ketones is 2. The highest BCUT2D eigenvalue weighted by Gasteiger charge is 2.17. The van der Waals surface area contributed by atoms with Crippen LogP contribution < -0.4 is 15.4 Å². The third-order valence-corrected chi connectivity index (χ3v) is 4.95. The van der Waals surface area contributed by atoms with Crippen LogP contribution in [0.15, 0.2) is 18.2 Å². The van der Waals surface area contributed by atoms with E-state index in [1.54, 1.807) is 18.2 Å². The van der Waals surface area contributed by atoms with Crippen LogP contribution in [0.3, 0.4) is 0 Å². The molecule has 226 valence electrons. The maximum Gasteiger partial charge on any atom is 0.258 e. The zero-order valence-corrected chi connectivity index (χ0v) is 24.5. The van der Waals surface area contributed by atoms with Crippen molar-refractivity contribution in [1.29, 1.82) is 0 Å². The van der Waals surface area contributed by atoms with Gasteiger partial charge in [0.15, 0.2) is 18.2 Å². The normalized spacial score (nSPS) is 10.3. The number of hydrogen-bond acceptors (Lipinski definition) is 9. The lowest BCUT2D eigenvalue weighted by Gasteiger charge is -2.12. The molecule has 2 amide bonds. The molecule has 0 aliphatic carbocycles. The van der Waals surface area contributed by atoms with Crippen LogP contribution in [-0.4, -0.2) is 88.5 Å². The van der Waals surface area contributed by atoms with Gasteiger partial charge in [0.2, 0.25) is 5.91 Å². The lowest BCUT2D eigenvalue weighted by atomic mass is 10.0. The Kier molecular flexibility index (Phi) is 21.8. The summed E-state index contributed by atoms with van der Waals surface area (Å²) in [7, 11) is 0. The second-order valence-electron chi connectivity index (χ2n) is 9.05. The number of aldehydes is 1. The van der Waals surface area contributed by atoms with Gasteiger partial charge in [0.1, 0.15) is 12.0 Å². The smallest absolute Gasteiger partial charge is 0.258 e. The zero-order valence-electron chi connectivity index (χ0n) is 24.5. The Morgan fingerprint density at radius 3 is 2.05 bits per heavy atom. The molecule has 1 rings (SSSR count). The van der Waals surface area contributed by atoms with E-state index in [-0.39, 0.29) is 52.9 Å². The largest absolute Gasteiger partial charge is 0.483 e. The van der Waals surface area contributed by atoms with Crippen molar-refractivity contribution in [2.75, 3.05) is 52.8 Å². The van der Waals surface area contributed by atoms with Gasteiger partial charge in [-0.25, -0.2) is 0 Å². The molecule has 0 aliphatic rings. The number of rotatable bonds is 21. The van der Waals surface area contributed by atoms with E-state index in [9.17, 15) is 24.0 Å². The van der Waals surface area contributed by atoms with Crippen molar-refractivity contribution in [2.45, 2.75) is 66.3 Å². The van der Waals surface area contributed by atoms with Crippen LogP contribution in [0.4, 0.5) is 0 Å². The molecule has 0 aliphatic heterocycles. The van der Waals surface area contributed by atoms with E-state index < -0.39 is 0 Å². The van der Waals surface area contributed by atoms with Gasteiger partial charge in [-0.1, -0.05) is 19.1 Å². The first-order chi connectivity index (χ1) is 19.1. The van der Waals surface area contributed by atoms with Crippen molar-refractivity contribution >= 4 is 29.7 Å². The van der Waals surface area contributed by atoms with E-state index in [4.69, 9.17) is 18.9 Å². The van der Waals surface area contributed by atoms with Gasteiger partial charge in [-0.05, 0) is 46.6 Å². The summed E-state index contributed by atoms with van der Waals surface area (Å²) in [5.41, 5.74) is 0.471. The number of nitrogens with one attached hydrogen (secondary N) is 2. The van der Waals surface area contributed by atoms with E-state index in [0.717, 1.165) is 19.3 Å². The molecule has 1 aromatic rings. The van der Waals surface area contributed by atoms with Gasteiger partial charge >= 0.3 is 0 Å². The van der Waals surface area contributed by atoms with Crippen molar-refractivity contribution in [2.24, 2.45) is 0 Å². The Bertz CT molecular complexity index is 903. The van der Waals surface area contributed by atoms with Gasteiger partial charge < -0.3 is 34.4 Å². The molecule has 0 unspecified atom stereocenters. The molecule has 11 nitrogen and oxygen atoms in total.